The molecule has 0 radical (unpaired) electrons. The smallest absolute Gasteiger partial charge is 0.137 e. The molecule has 0 unspecified atom stereocenters. The van der Waals surface area contributed by atoms with Crippen molar-refractivity contribution < 1.29 is 4.74 Å². The van der Waals surface area contributed by atoms with Gasteiger partial charge in [-0.25, -0.2) is 4.98 Å². The molecule has 2 aromatic heterocycles. The molecular formula is C16H15ClN2O. The highest BCUT2D eigenvalue weighted by molar-refractivity contribution is 6.17. The molecule has 0 N–H and O–H groups in total. The molecule has 0 saturated carbocycles. The van der Waals surface area contributed by atoms with Crippen molar-refractivity contribution in [3.8, 4) is 17.0 Å². The lowest BCUT2D eigenvalue weighted by Crippen LogP contribution is -1.97. The lowest BCUT2D eigenvalue weighted by Gasteiger charge is -2.05. The first-order valence-corrected chi connectivity index (χ1v) is 7.13. The van der Waals surface area contributed by atoms with E-state index in [0.717, 1.165) is 29.1 Å². The molecule has 2 heterocycles. The number of pyridine rings is 1. The number of imidazole rings is 1. The quantitative estimate of drug-likeness (QED) is 0.523. The fourth-order valence-corrected chi connectivity index (χ4v) is 2.15. The minimum atomic E-state index is 0.624. The van der Waals surface area contributed by atoms with Crippen LogP contribution in [0.1, 0.15) is 6.42 Å². The Morgan fingerprint density at radius 3 is 2.70 bits per heavy atom. The average molecular weight is 287 g/mol. The van der Waals surface area contributed by atoms with Crippen LogP contribution in [0.5, 0.6) is 5.75 Å². The van der Waals surface area contributed by atoms with Gasteiger partial charge >= 0.3 is 0 Å². The predicted molar refractivity (Wildman–Crippen MR) is 81.5 cm³/mol. The second-order valence-corrected chi connectivity index (χ2v) is 4.89. The van der Waals surface area contributed by atoms with E-state index >= 15 is 0 Å². The summed E-state index contributed by atoms with van der Waals surface area (Å²) in [4.78, 5) is 4.59. The van der Waals surface area contributed by atoms with Crippen LogP contribution in [0.2, 0.25) is 0 Å². The number of benzene rings is 1. The van der Waals surface area contributed by atoms with Gasteiger partial charge in [-0.15, -0.1) is 11.6 Å². The molecule has 0 amide bonds. The van der Waals surface area contributed by atoms with E-state index in [-0.39, 0.29) is 0 Å². The Bertz CT molecular complexity index is 658. The van der Waals surface area contributed by atoms with Gasteiger partial charge in [-0.05, 0) is 42.8 Å². The first-order chi connectivity index (χ1) is 9.86. The lowest BCUT2D eigenvalue weighted by atomic mass is 10.2. The van der Waals surface area contributed by atoms with Crippen LogP contribution in [0.4, 0.5) is 0 Å². The standard InChI is InChI=1S/C16H15ClN2O/c17-9-3-11-20-14-7-5-13(6-8-14)15-12-19-10-2-1-4-16(19)18-15/h1-2,4-8,10,12H,3,9,11H2. The summed E-state index contributed by atoms with van der Waals surface area (Å²) < 4.78 is 7.60. The van der Waals surface area contributed by atoms with Gasteiger partial charge in [-0.2, -0.15) is 0 Å². The van der Waals surface area contributed by atoms with Gasteiger partial charge in [-0.1, -0.05) is 6.07 Å². The highest BCUT2D eigenvalue weighted by Gasteiger charge is 2.04. The van der Waals surface area contributed by atoms with E-state index in [0.29, 0.717) is 12.5 Å². The summed E-state index contributed by atoms with van der Waals surface area (Å²) in [5.41, 5.74) is 2.99. The highest BCUT2D eigenvalue weighted by Crippen LogP contribution is 2.22. The molecule has 0 atom stereocenters. The number of halogens is 1. The van der Waals surface area contributed by atoms with Gasteiger partial charge in [0.2, 0.25) is 0 Å². The third-order valence-electron chi connectivity index (χ3n) is 3.06. The third-order valence-corrected chi connectivity index (χ3v) is 3.33. The zero-order valence-corrected chi connectivity index (χ0v) is 11.8. The van der Waals surface area contributed by atoms with Gasteiger partial charge in [0.15, 0.2) is 0 Å². The largest absolute Gasteiger partial charge is 0.494 e. The molecule has 0 aliphatic heterocycles. The Labute approximate surface area is 122 Å². The van der Waals surface area contributed by atoms with E-state index in [2.05, 4.69) is 4.98 Å². The lowest BCUT2D eigenvalue weighted by molar-refractivity contribution is 0.318. The first kappa shape index (κ1) is 13.0. The van der Waals surface area contributed by atoms with Crippen LogP contribution in [0.25, 0.3) is 16.9 Å². The van der Waals surface area contributed by atoms with E-state index in [4.69, 9.17) is 16.3 Å². The minimum absolute atomic E-state index is 0.624. The molecule has 0 aliphatic carbocycles. The van der Waals surface area contributed by atoms with E-state index in [1.165, 1.54) is 0 Å². The van der Waals surface area contributed by atoms with Crippen molar-refractivity contribution in [2.75, 3.05) is 12.5 Å². The summed E-state index contributed by atoms with van der Waals surface area (Å²) in [5, 5.41) is 0. The summed E-state index contributed by atoms with van der Waals surface area (Å²) in [5.74, 6) is 1.49. The van der Waals surface area contributed by atoms with Crippen LogP contribution >= 0.6 is 11.6 Å². The van der Waals surface area contributed by atoms with Gasteiger partial charge < -0.3 is 9.14 Å². The van der Waals surface area contributed by atoms with Crippen LogP contribution in [0.15, 0.2) is 54.9 Å². The van der Waals surface area contributed by atoms with Crippen LogP contribution in [-0.4, -0.2) is 21.9 Å². The van der Waals surface area contributed by atoms with E-state index in [9.17, 15) is 0 Å². The molecule has 20 heavy (non-hydrogen) atoms. The van der Waals surface area contributed by atoms with Crippen molar-refractivity contribution >= 4 is 17.2 Å². The maximum Gasteiger partial charge on any atom is 0.137 e. The molecule has 0 fully saturated rings. The normalized spacial score (nSPS) is 10.8. The number of alkyl halides is 1. The predicted octanol–water partition coefficient (Wildman–Crippen LogP) is 4.01. The molecule has 3 aromatic rings. The SMILES string of the molecule is ClCCCOc1ccc(-c2cn3ccccc3n2)cc1. The zero-order valence-electron chi connectivity index (χ0n) is 11.0. The zero-order chi connectivity index (χ0) is 13.8. The van der Waals surface area contributed by atoms with Crippen molar-refractivity contribution in [2.24, 2.45) is 0 Å². The molecule has 0 saturated heterocycles. The second-order valence-electron chi connectivity index (χ2n) is 4.51. The summed E-state index contributed by atoms with van der Waals surface area (Å²) in [6, 6.07) is 14.0. The molecule has 102 valence electrons. The number of hydrogen-bond donors (Lipinski definition) is 0. The molecule has 0 spiro atoms. The second kappa shape index (κ2) is 5.97. The monoisotopic (exact) mass is 286 g/mol. The van der Waals surface area contributed by atoms with E-state index in [1.807, 2.05) is 59.3 Å². The number of ether oxygens (including phenoxy) is 1. The van der Waals surface area contributed by atoms with Gasteiger partial charge in [0.05, 0.1) is 12.3 Å². The number of hydrogen-bond acceptors (Lipinski definition) is 2. The molecule has 0 aliphatic rings. The Kier molecular flexibility index (Phi) is 3.88. The summed E-state index contributed by atoms with van der Waals surface area (Å²) in [6.07, 6.45) is 4.88. The van der Waals surface area contributed by atoms with Crippen LogP contribution in [0.3, 0.4) is 0 Å². The number of aromatic nitrogens is 2. The molecule has 0 bridgehead atoms. The maximum atomic E-state index is 5.62. The third kappa shape index (κ3) is 2.78. The van der Waals surface area contributed by atoms with Crippen molar-refractivity contribution in [2.45, 2.75) is 6.42 Å². The van der Waals surface area contributed by atoms with Crippen LogP contribution < -0.4 is 4.74 Å². The summed E-state index contributed by atoms with van der Waals surface area (Å²) >= 11 is 5.62. The number of nitrogens with zero attached hydrogens (tertiary/aromatic N) is 2. The van der Waals surface area contributed by atoms with Crippen molar-refractivity contribution in [1.82, 2.24) is 9.38 Å². The van der Waals surface area contributed by atoms with Crippen molar-refractivity contribution in [3.05, 3.63) is 54.9 Å². The van der Waals surface area contributed by atoms with Crippen LogP contribution in [0, 0.1) is 0 Å². The number of fused-ring (bicyclic) bond motifs is 1. The van der Waals surface area contributed by atoms with Crippen LogP contribution in [-0.2, 0) is 0 Å². The van der Waals surface area contributed by atoms with E-state index < -0.39 is 0 Å². The first-order valence-electron chi connectivity index (χ1n) is 6.60. The summed E-state index contributed by atoms with van der Waals surface area (Å²) in [7, 11) is 0. The maximum absolute atomic E-state index is 5.62. The molecule has 3 nitrogen and oxygen atoms in total. The Morgan fingerprint density at radius 2 is 1.95 bits per heavy atom. The molecule has 4 heteroatoms. The van der Waals surface area contributed by atoms with Gasteiger partial charge in [0.25, 0.3) is 0 Å². The fraction of sp³-hybridized carbons (Fsp3) is 0.188. The average Bonchev–Trinajstić information content (AvgIpc) is 2.92. The Hall–Kier alpha value is -2.00. The molecule has 1 aromatic carbocycles. The number of rotatable bonds is 5. The Balaban J connectivity index is 1.79. The van der Waals surface area contributed by atoms with Crippen molar-refractivity contribution in [3.63, 3.8) is 0 Å². The van der Waals surface area contributed by atoms with Crippen molar-refractivity contribution in [1.29, 1.82) is 0 Å². The topological polar surface area (TPSA) is 26.5 Å². The van der Waals surface area contributed by atoms with E-state index in [1.54, 1.807) is 0 Å². The van der Waals surface area contributed by atoms with Gasteiger partial charge in [0.1, 0.15) is 11.4 Å². The summed E-state index contributed by atoms with van der Waals surface area (Å²) in [6.45, 7) is 0.650. The highest BCUT2D eigenvalue weighted by atomic mass is 35.5. The molecular weight excluding hydrogens is 272 g/mol. The minimum Gasteiger partial charge on any atom is -0.494 e. The van der Waals surface area contributed by atoms with Gasteiger partial charge in [-0.3, -0.25) is 0 Å². The fourth-order valence-electron chi connectivity index (χ4n) is 2.04. The Morgan fingerprint density at radius 1 is 1.10 bits per heavy atom. The molecule has 3 rings (SSSR count). The van der Waals surface area contributed by atoms with Gasteiger partial charge in [0, 0.05) is 23.8 Å².